The summed E-state index contributed by atoms with van der Waals surface area (Å²) in [4.78, 5) is 32.7. The summed E-state index contributed by atoms with van der Waals surface area (Å²) in [6.07, 6.45) is 4.21. The molecule has 3 fully saturated rings. The van der Waals surface area contributed by atoms with Crippen molar-refractivity contribution in [2.75, 3.05) is 55.7 Å². The van der Waals surface area contributed by atoms with Crippen LogP contribution in [-0.2, 0) is 16.1 Å². The molecule has 0 aromatic carbocycles. The molecule has 2 aliphatic heterocycles. The quantitative estimate of drug-likeness (QED) is 0.762. The van der Waals surface area contributed by atoms with Crippen molar-refractivity contribution in [3.63, 3.8) is 0 Å². The fourth-order valence-corrected chi connectivity index (χ4v) is 4.49. The van der Waals surface area contributed by atoms with Crippen molar-refractivity contribution in [2.45, 2.75) is 39.3 Å². The molecule has 9 heteroatoms. The van der Waals surface area contributed by atoms with Crippen LogP contribution in [0, 0.1) is 5.92 Å². The largest absolute Gasteiger partial charge is 0.378 e. The predicted molar refractivity (Wildman–Crippen MR) is 110 cm³/mol. The zero-order chi connectivity index (χ0) is 20.0. The smallest absolute Gasteiger partial charge is 0.219 e. The molecule has 1 amide bonds. The van der Waals surface area contributed by atoms with Gasteiger partial charge < -0.3 is 19.4 Å². The third kappa shape index (κ3) is 3.52. The number of imidazole rings is 1. The van der Waals surface area contributed by atoms with Crippen LogP contribution < -0.4 is 9.80 Å². The molecule has 2 aromatic rings. The minimum atomic E-state index is 0.143. The zero-order valence-electron chi connectivity index (χ0n) is 17.3. The van der Waals surface area contributed by atoms with Gasteiger partial charge in [0.05, 0.1) is 13.2 Å². The van der Waals surface area contributed by atoms with E-state index < -0.39 is 0 Å². The summed E-state index contributed by atoms with van der Waals surface area (Å²) in [6, 6.07) is 0.167. The summed E-state index contributed by atoms with van der Waals surface area (Å²) in [7, 11) is 0. The second kappa shape index (κ2) is 7.44. The molecule has 4 heterocycles. The van der Waals surface area contributed by atoms with Gasteiger partial charge >= 0.3 is 0 Å². The highest BCUT2D eigenvalue weighted by Gasteiger charge is 2.32. The number of carbonyl (C=O) groups excluding carboxylic acids is 1. The van der Waals surface area contributed by atoms with E-state index >= 15 is 0 Å². The van der Waals surface area contributed by atoms with E-state index in [0.29, 0.717) is 19.1 Å². The molecule has 3 aliphatic rings. The van der Waals surface area contributed by atoms with Crippen LogP contribution >= 0.6 is 0 Å². The molecule has 156 valence electrons. The highest BCUT2D eigenvalue weighted by atomic mass is 16.5. The van der Waals surface area contributed by atoms with Crippen molar-refractivity contribution < 1.29 is 9.53 Å². The first kappa shape index (κ1) is 18.6. The topological polar surface area (TPSA) is 79.6 Å². The molecule has 29 heavy (non-hydrogen) atoms. The first-order chi connectivity index (χ1) is 14.1. The molecule has 1 saturated carbocycles. The number of morpholine rings is 1. The molecule has 0 radical (unpaired) electrons. The average molecular weight is 399 g/mol. The summed E-state index contributed by atoms with van der Waals surface area (Å²) < 4.78 is 7.79. The summed E-state index contributed by atoms with van der Waals surface area (Å²) in [5.41, 5.74) is 1.80. The molecule has 2 saturated heterocycles. The number of rotatable bonds is 4. The molecular weight excluding hydrogens is 370 g/mol. The van der Waals surface area contributed by atoms with E-state index in [1.54, 1.807) is 13.3 Å². The summed E-state index contributed by atoms with van der Waals surface area (Å²) >= 11 is 0. The van der Waals surface area contributed by atoms with Crippen LogP contribution in [0.2, 0.25) is 0 Å². The molecule has 0 spiro atoms. The van der Waals surface area contributed by atoms with E-state index in [-0.39, 0.29) is 11.9 Å². The van der Waals surface area contributed by atoms with Gasteiger partial charge in [-0.1, -0.05) is 0 Å². The molecule has 5 rings (SSSR count). The lowest BCUT2D eigenvalue weighted by atomic mass is 10.2. The Balaban J connectivity index is 1.53. The number of hydrogen-bond acceptors (Lipinski definition) is 7. The first-order valence-electron chi connectivity index (χ1n) is 10.7. The van der Waals surface area contributed by atoms with E-state index in [1.165, 1.54) is 12.8 Å². The fraction of sp³-hybridized carbons (Fsp3) is 0.700. The van der Waals surface area contributed by atoms with Crippen LogP contribution in [0.15, 0.2) is 6.33 Å². The van der Waals surface area contributed by atoms with Crippen molar-refractivity contribution >= 4 is 28.8 Å². The van der Waals surface area contributed by atoms with Crippen LogP contribution in [0.25, 0.3) is 11.2 Å². The standard InChI is InChI=1S/C20H29N7O2/c1-14-11-25(5-6-26(14)15(2)28)20-23-17-18(24-7-9-29-10-8-24)21-13-22-19(17)27(20)12-16-3-4-16/h13-14,16H,3-12H2,1-2H3/t14-/m0/s1. The Morgan fingerprint density at radius 2 is 1.93 bits per heavy atom. The molecule has 0 N–H and O–H groups in total. The van der Waals surface area contributed by atoms with Crippen LogP contribution in [0.5, 0.6) is 0 Å². The number of nitrogens with zero attached hydrogens (tertiary/aromatic N) is 7. The number of amides is 1. The molecule has 2 aromatic heterocycles. The lowest BCUT2D eigenvalue weighted by Crippen LogP contribution is -2.54. The van der Waals surface area contributed by atoms with Gasteiger partial charge in [0.25, 0.3) is 0 Å². The number of anilines is 2. The minimum absolute atomic E-state index is 0.143. The van der Waals surface area contributed by atoms with Gasteiger partial charge in [-0.3, -0.25) is 9.36 Å². The summed E-state index contributed by atoms with van der Waals surface area (Å²) in [6.45, 7) is 10.1. The Bertz CT molecular complexity index is 904. The van der Waals surface area contributed by atoms with E-state index in [4.69, 9.17) is 9.72 Å². The SMILES string of the molecule is CC(=O)N1CCN(c2nc3c(N4CCOCC4)ncnc3n2CC2CC2)C[C@@H]1C. The number of piperazine rings is 1. The third-order valence-corrected chi connectivity index (χ3v) is 6.26. The van der Waals surface area contributed by atoms with Crippen LogP contribution in [-0.4, -0.2) is 82.3 Å². The van der Waals surface area contributed by atoms with Gasteiger partial charge in [0.15, 0.2) is 17.0 Å². The normalized spacial score (nSPS) is 23.1. The number of hydrogen-bond donors (Lipinski definition) is 0. The van der Waals surface area contributed by atoms with E-state index in [1.807, 2.05) is 4.90 Å². The van der Waals surface area contributed by atoms with Crippen LogP contribution in [0.1, 0.15) is 26.7 Å². The maximum absolute atomic E-state index is 11.9. The van der Waals surface area contributed by atoms with Gasteiger partial charge in [-0.05, 0) is 25.7 Å². The highest BCUT2D eigenvalue weighted by molar-refractivity contribution is 5.86. The Labute approximate surface area is 170 Å². The summed E-state index contributed by atoms with van der Waals surface area (Å²) in [5.74, 6) is 2.73. The van der Waals surface area contributed by atoms with Crippen molar-refractivity contribution in [1.29, 1.82) is 0 Å². The number of aromatic nitrogens is 4. The third-order valence-electron chi connectivity index (χ3n) is 6.26. The van der Waals surface area contributed by atoms with Gasteiger partial charge in [0, 0.05) is 52.2 Å². The number of ether oxygens (including phenoxy) is 1. The molecule has 0 bridgehead atoms. The Kier molecular flexibility index (Phi) is 4.77. The molecule has 0 unspecified atom stereocenters. The maximum atomic E-state index is 11.9. The predicted octanol–water partition coefficient (Wildman–Crippen LogP) is 1.13. The minimum Gasteiger partial charge on any atom is -0.378 e. The van der Waals surface area contributed by atoms with E-state index in [9.17, 15) is 4.79 Å². The van der Waals surface area contributed by atoms with Crippen molar-refractivity contribution in [2.24, 2.45) is 5.92 Å². The van der Waals surface area contributed by atoms with Crippen molar-refractivity contribution in [1.82, 2.24) is 24.4 Å². The second-order valence-electron chi connectivity index (χ2n) is 8.44. The lowest BCUT2D eigenvalue weighted by Gasteiger charge is -2.40. The van der Waals surface area contributed by atoms with E-state index in [2.05, 4.69) is 31.3 Å². The van der Waals surface area contributed by atoms with Crippen LogP contribution in [0.3, 0.4) is 0 Å². The van der Waals surface area contributed by atoms with Gasteiger partial charge in [-0.2, -0.15) is 0 Å². The Morgan fingerprint density at radius 3 is 2.62 bits per heavy atom. The van der Waals surface area contributed by atoms with Gasteiger partial charge in [0.2, 0.25) is 11.9 Å². The maximum Gasteiger partial charge on any atom is 0.219 e. The van der Waals surface area contributed by atoms with Crippen LogP contribution in [0.4, 0.5) is 11.8 Å². The first-order valence-corrected chi connectivity index (χ1v) is 10.7. The second-order valence-corrected chi connectivity index (χ2v) is 8.44. The lowest BCUT2D eigenvalue weighted by molar-refractivity contribution is -0.131. The van der Waals surface area contributed by atoms with E-state index in [0.717, 1.165) is 62.2 Å². The highest BCUT2D eigenvalue weighted by Crippen LogP contribution is 2.35. The van der Waals surface area contributed by atoms with Gasteiger partial charge in [0.1, 0.15) is 6.33 Å². The number of carbonyl (C=O) groups is 1. The van der Waals surface area contributed by atoms with Gasteiger partial charge in [-0.25, -0.2) is 15.0 Å². The molecule has 1 aliphatic carbocycles. The monoisotopic (exact) mass is 399 g/mol. The van der Waals surface area contributed by atoms with Gasteiger partial charge in [-0.15, -0.1) is 0 Å². The summed E-state index contributed by atoms with van der Waals surface area (Å²) in [5, 5.41) is 0. The zero-order valence-corrected chi connectivity index (χ0v) is 17.3. The Hall–Kier alpha value is -2.42. The number of fused-ring (bicyclic) bond motifs is 1. The van der Waals surface area contributed by atoms with Crippen molar-refractivity contribution in [3.8, 4) is 0 Å². The Morgan fingerprint density at radius 1 is 1.14 bits per heavy atom. The molecule has 1 atom stereocenters. The molecular formula is C20H29N7O2. The average Bonchev–Trinajstić information content (AvgIpc) is 3.47. The molecule has 9 nitrogen and oxygen atoms in total. The fourth-order valence-electron chi connectivity index (χ4n) is 4.49. The van der Waals surface area contributed by atoms with Crippen molar-refractivity contribution in [3.05, 3.63) is 6.33 Å².